The molecule has 0 fully saturated rings. The van der Waals surface area contributed by atoms with Gasteiger partial charge in [-0.05, 0) is 52.6 Å². The van der Waals surface area contributed by atoms with Gasteiger partial charge in [0.2, 0.25) is 0 Å². The van der Waals surface area contributed by atoms with Gasteiger partial charge in [-0.25, -0.2) is 9.59 Å². The van der Waals surface area contributed by atoms with Crippen LogP contribution in [0.25, 0.3) is 16.8 Å². The molecule has 0 saturated carbocycles. The molecule has 5 rings (SSSR count). The molecular weight excluding hydrogens is 388 g/mol. The van der Waals surface area contributed by atoms with Crippen LogP contribution in [0.5, 0.6) is 0 Å². The van der Waals surface area contributed by atoms with E-state index in [1.807, 2.05) is 36.4 Å². The highest BCUT2D eigenvalue weighted by molar-refractivity contribution is 5.95. The van der Waals surface area contributed by atoms with Crippen LogP contribution in [-0.4, -0.2) is 22.2 Å². The smallest absolute Gasteiger partial charge is 0.335 e. The summed E-state index contributed by atoms with van der Waals surface area (Å²) in [4.78, 5) is 20.7. The van der Waals surface area contributed by atoms with E-state index < -0.39 is 11.9 Å². The molecule has 0 unspecified atom stereocenters. The lowest BCUT2D eigenvalue weighted by atomic mass is 9.93. The van der Waals surface area contributed by atoms with Crippen LogP contribution in [0.3, 0.4) is 0 Å². The summed E-state index contributed by atoms with van der Waals surface area (Å²) in [5.41, 5.74) is 2.98. The lowest BCUT2D eigenvalue weighted by Gasteiger charge is -2.11. The van der Waals surface area contributed by atoms with Gasteiger partial charge in [-0.15, -0.1) is 0 Å². The van der Waals surface area contributed by atoms with Gasteiger partial charge in [-0.2, -0.15) is 0 Å². The molecular formula is C27H22O4. The Morgan fingerprint density at radius 1 is 0.613 bits per heavy atom. The highest BCUT2D eigenvalue weighted by atomic mass is 16.4. The molecule has 0 bridgehead atoms. The van der Waals surface area contributed by atoms with Gasteiger partial charge in [-0.3, -0.25) is 0 Å². The Labute approximate surface area is 180 Å². The summed E-state index contributed by atoms with van der Waals surface area (Å²) in [6.07, 6.45) is 5.53. The van der Waals surface area contributed by atoms with Gasteiger partial charge in [0.15, 0.2) is 0 Å². The molecule has 154 valence electrons. The van der Waals surface area contributed by atoms with Crippen LogP contribution in [0.1, 0.15) is 31.8 Å². The van der Waals surface area contributed by atoms with Crippen LogP contribution in [0.2, 0.25) is 0 Å². The van der Waals surface area contributed by atoms with Crippen molar-refractivity contribution in [2.45, 2.75) is 6.42 Å². The van der Waals surface area contributed by atoms with Crippen molar-refractivity contribution < 1.29 is 19.8 Å². The van der Waals surface area contributed by atoms with Crippen molar-refractivity contribution in [1.82, 2.24) is 0 Å². The Balaban J connectivity index is 0.000000141. The van der Waals surface area contributed by atoms with Crippen LogP contribution < -0.4 is 0 Å². The summed E-state index contributed by atoms with van der Waals surface area (Å²) < 4.78 is 0. The zero-order chi connectivity index (χ0) is 22.1. The van der Waals surface area contributed by atoms with Crippen LogP contribution in [0, 0.1) is 0 Å². The Bertz CT molecular complexity index is 1130. The minimum atomic E-state index is -1.06. The van der Waals surface area contributed by atoms with Crippen molar-refractivity contribution in [3.8, 4) is 0 Å². The van der Waals surface area contributed by atoms with E-state index >= 15 is 0 Å². The van der Waals surface area contributed by atoms with Crippen molar-refractivity contribution in [2.75, 3.05) is 0 Å². The molecule has 0 spiro atoms. The minimum Gasteiger partial charge on any atom is -0.478 e. The summed E-state index contributed by atoms with van der Waals surface area (Å²) in [5.74, 6) is -2.13. The number of hydrogen-bond donors (Lipinski definition) is 2. The number of rotatable bonds is 2. The molecule has 0 aromatic heterocycles. The predicted molar refractivity (Wildman–Crippen MR) is 123 cm³/mol. The van der Waals surface area contributed by atoms with Crippen molar-refractivity contribution >= 4 is 28.8 Å². The number of carbonyl (C=O) groups is 2. The van der Waals surface area contributed by atoms with Crippen LogP contribution in [-0.2, 0) is 6.42 Å². The molecule has 4 heteroatoms. The minimum absolute atomic E-state index is 0.0833. The second-order valence-electron chi connectivity index (χ2n) is 6.81. The molecule has 0 radical (unpaired) electrons. The molecule has 0 atom stereocenters. The fourth-order valence-electron chi connectivity index (χ4n) is 3.21. The maximum atomic E-state index is 10.3. The van der Waals surface area contributed by atoms with E-state index in [-0.39, 0.29) is 11.1 Å². The van der Waals surface area contributed by atoms with Crippen LogP contribution >= 0.6 is 0 Å². The molecule has 0 heterocycles. The monoisotopic (exact) mass is 410 g/mol. The highest BCUT2D eigenvalue weighted by Gasteiger charge is 2.06. The molecule has 1 aliphatic rings. The fourth-order valence-corrected chi connectivity index (χ4v) is 3.21. The maximum Gasteiger partial charge on any atom is 0.335 e. The first kappa shape index (κ1) is 21.5. The van der Waals surface area contributed by atoms with E-state index in [0.717, 1.165) is 6.42 Å². The Hall–Kier alpha value is -4.18. The lowest BCUT2D eigenvalue weighted by molar-refractivity contribution is 0.0681. The molecule has 0 aliphatic heterocycles. The Kier molecular flexibility index (Phi) is 7.33. The predicted octanol–water partition coefficient (Wildman–Crippen LogP) is 6.18. The quantitative estimate of drug-likeness (QED) is 0.414. The van der Waals surface area contributed by atoms with Gasteiger partial charge in [0, 0.05) is 0 Å². The maximum absolute atomic E-state index is 10.3. The second-order valence-corrected chi connectivity index (χ2v) is 6.81. The molecule has 4 aromatic carbocycles. The van der Waals surface area contributed by atoms with E-state index in [1.165, 1.54) is 46.2 Å². The molecule has 31 heavy (non-hydrogen) atoms. The van der Waals surface area contributed by atoms with E-state index in [1.54, 1.807) is 0 Å². The zero-order valence-corrected chi connectivity index (χ0v) is 16.8. The standard InChI is InChI=1S/C13H10.C8H6O4.C6H6/c1-4-10-6-2-8-12-9-3-7-11(5-1)13(10)12;9-7(10)5-1-2-6(4-3-5)8(11)12;1-2-4-6-5-3-1/h1-8H,9H2;1-4H,(H,9,10)(H,11,12);1-6H. The second kappa shape index (κ2) is 10.6. The summed E-state index contributed by atoms with van der Waals surface area (Å²) >= 11 is 0. The first-order valence-corrected chi connectivity index (χ1v) is 9.80. The number of allylic oxidation sites excluding steroid dienone is 1. The van der Waals surface area contributed by atoms with E-state index in [0.29, 0.717) is 0 Å². The Morgan fingerprint density at radius 3 is 1.58 bits per heavy atom. The van der Waals surface area contributed by atoms with Crippen molar-refractivity contribution in [2.24, 2.45) is 0 Å². The van der Waals surface area contributed by atoms with Crippen molar-refractivity contribution in [3.63, 3.8) is 0 Å². The van der Waals surface area contributed by atoms with Crippen LogP contribution in [0.15, 0.2) is 103 Å². The number of aromatic carboxylic acids is 2. The third-order valence-corrected chi connectivity index (χ3v) is 4.70. The number of benzene rings is 4. The van der Waals surface area contributed by atoms with Crippen molar-refractivity contribution in [1.29, 1.82) is 0 Å². The summed E-state index contributed by atoms with van der Waals surface area (Å²) in [7, 11) is 0. The summed E-state index contributed by atoms with van der Waals surface area (Å²) in [6, 6.07) is 30.0. The summed E-state index contributed by atoms with van der Waals surface area (Å²) in [6.45, 7) is 0. The summed E-state index contributed by atoms with van der Waals surface area (Å²) in [5, 5.41) is 19.7. The van der Waals surface area contributed by atoms with Gasteiger partial charge >= 0.3 is 11.9 Å². The van der Waals surface area contributed by atoms with Gasteiger partial charge in [0.1, 0.15) is 0 Å². The van der Waals surface area contributed by atoms with Gasteiger partial charge in [0.25, 0.3) is 0 Å². The number of hydrogen-bond acceptors (Lipinski definition) is 2. The van der Waals surface area contributed by atoms with Gasteiger partial charge in [0.05, 0.1) is 11.1 Å². The van der Waals surface area contributed by atoms with E-state index in [9.17, 15) is 9.59 Å². The molecule has 2 N–H and O–H groups in total. The fraction of sp³-hybridized carbons (Fsp3) is 0.0370. The average molecular weight is 410 g/mol. The number of carboxylic acids is 2. The third kappa shape index (κ3) is 5.90. The topological polar surface area (TPSA) is 74.6 Å². The normalized spacial score (nSPS) is 10.8. The van der Waals surface area contributed by atoms with E-state index in [2.05, 4.69) is 48.6 Å². The number of carboxylic acid groups (broad SMARTS) is 2. The molecule has 4 aromatic rings. The average Bonchev–Trinajstić information content (AvgIpc) is 2.82. The first-order chi connectivity index (χ1) is 15.1. The molecule has 1 aliphatic carbocycles. The molecule has 0 saturated heterocycles. The lowest BCUT2D eigenvalue weighted by Crippen LogP contribution is -1.99. The molecule has 4 nitrogen and oxygen atoms in total. The molecule has 0 amide bonds. The largest absolute Gasteiger partial charge is 0.478 e. The van der Waals surface area contributed by atoms with E-state index in [4.69, 9.17) is 10.2 Å². The first-order valence-electron chi connectivity index (χ1n) is 9.80. The Morgan fingerprint density at radius 2 is 1.10 bits per heavy atom. The van der Waals surface area contributed by atoms with Gasteiger partial charge < -0.3 is 10.2 Å². The highest BCUT2D eigenvalue weighted by Crippen LogP contribution is 2.27. The SMILES string of the molecule is C1=Cc2cccc3cccc(c23)C1.O=C(O)c1ccc(C(=O)O)cc1.c1ccccc1. The van der Waals surface area contributed by atoms with Gasteiger partial charge in [-0.1, -0.05) is 84.9 Å². The third-order valence-electron chi connectivity index (χ3n) is 4.70. The van der Waals surface area contributed by atoms with Crippen LogP contribution in [0.4, 0.5) is 0 Å². The van der Waals surface area contributed by atoms with Crippen molar-refractivity contribution in [3.05, 3.63) is 125 Å². The zero-order valence-electron chi connectivity index (χ0n) is 16.8.